The largest absolute Gasteiger partial charge is 0.453 e. The van der Waals surface area contributed by atoms with E-state index in [4.69, 9.17) is 11.0 Å². The third-order valence-corrected chi connectivity index (χ3v) is 2.57. The van der Waals surface area contributed by atoms with E-state index in [0.717, 1.165) is 17.1 Å². The van der Waals surface area contributed by atoms with Gasteiger partial charge in [0.05, 0.1) is 0 Å². The van der Waals surface area contributed by atoms with Gasteiger partial charge >= 0.3 is 0 Å². The number of rotatable bonds is 2. The van der Waals surface area contributed by atoms with Gasteiger partial charge in [-0.3, -0.25) is 0 Å². The Morgan fingerprint density at radius 2 is 1.81 bits per heavy atom. The maximum absolute atomic E-state index is 6.95. The Balaban J connectivity index is 2.32. The normalized spacial score (nSPS) is 12.1. The summed E-state index contributed by atoms with van der Waals surface area (Å²) in [5.74, 6) is 1.55. The first-order valence-corrected chi connectivity index (χ1v) is 5.24. The smallest absolute Gasteiger partial charge is 0.277 e. The molecular formula is C14H13NO. The third-order valence-electron chi connectivity index (χ3n) is 2.57. The summed E-state index contributed by atoms with van der Waals surface area (Å²) in [7, 11) is 0. The van der Waals surface area contributed by atoms with Crippen molar-refractivity contribution in [3.05, 3.63) is 59.1 Å². The molecule has 0 aliphatic carbocycles. The summed E-state index contributed by atoms with van der Waals surface area (Å²) in [6.07, 6.45) is 0. The van der Waals surface area contributed by atoms with Crippen molar-refractivity contribution in [3.8, 4) is 11.3 Å². The highest BCUT2D eigenvalue weighted by molar-refractivity contribution is 5.58. The van der Waals surface area contributed by atoms with Crippen molar-refractivity contribution in [2.45, 2.75) is 19.9 Å². The molecule has 1 aromatic carbocycles. The predicted molar refractivity (Wildman–Crippen MR) is 63.9 cm³/mol. The molecule has 1 aromatic heterocycles. The van der Waals surface area contributed by atoms with E-state index in [0.29, 0.717) is 0 Å². The summed E-state index contributed by atoms with van der Waals surface area (Å²) in [6, 6.07) is 11.7. The van der Waals surface area contributed by atoms with Gasteiger partial charge in [0.25, 0.3) is 6.04 Å². The fourth-order valence-corrected chi connectivity index (χ4v) is 1.51. The van der Waals surface area contributed by atoms with E-state index in [1.54, 1.807) is 0 Å². The van der Waals surface area contributed by atoms with Crippen LogP contribution in [0.25, 0.3) is 16.2 Å². The molecule has 1 heterocycles. The number of hydrogen-bond donors (Lipinski definition) is 0. The number of benzene rings is 1. The number of nitrogens with zero attached hydrogens (tertiary/aromatic N) is 1. The van der Waals surface area contributed by atoms with Crippen molar-refractivity contribution >= 4 is 0 Å². The topological polar surface area (TPSA) is 17.5 Å². The molecule has 80 valence electrons. The van der Waals surface area contributed by atoms with Gasteiger partial charge in [-0.25, -0.2) is 6.57 Å². The van der Waals surface area contributed by atoms with Gasteiger partial charge in [0.2, 0.25) is 0 Å². The summed E-state index contributed by atoms with van der Waals surface area (Å²) >= 11 is 0. The van der Waals surface area contributed by atoms with Crippen LogP contribution in [0.1, 0.15) is 24.3 Å². The van der Waals surface area contributed by atoms with Crippen LogP contribution in [0, 0.1) is 13.5 Å². The Hall–Kier alpha value is -2.01. The van der Waals surface area contributed by atoms with Crippen LogP contribution in [0.2, 0.25) is 0 Å². The van der Waals surface area contributed by atoms with Crippen molar-refractivity contribution in [3.63, 3.8) is 0 Å². The molecular weight excluding hydrogens is 198 g/mol. The zero-order valence-electron chi connectivity index (χ0n) is 9.40. The number of aryl methyl sites for hydroxylation is 1. The average Bonchev–Trinajstić information content (AvgIpc) is 2.78. The quantitative estimate of drug-likeness (QED) is 0.679. The summed E-state index contributed by atoms with van der Waals surface area (Å²) in [5.41, 5.74) is 2.28. The van der Waals surface area contributed by atoms with Crippen molar-refractivity contribution in [2.24, 2.45) is 0 Å². The van der Waals surface area contributed by atoms with Crippen LogP contribution in [0.5, 0.6) is 0 Å². The lowest BCUT2D eigenvalue weighted by Crippen LogP contribution is -1.81. The Bertz CT molecular complexity index is 516. The highest BCUT2D eigenvalue weighted by Crippen LogP contribution is 2.26. The van der Waals surface area contributed by atoms with Crippen molar-refractivity contribution in [2.75, 3.05) is 0 Å². The molecule has 0 bridgehead atoms. The lowest BCUT2D eigenvalue weighted by atomic mass is 10.1. The second-order valence-corrected chi connectivity index (χ2v) is 3.87. The van der Waals surface area contributed by atoms with E-state index in [2.05, 4.69) is 23.9 Å². The summed E-state index contributed by atoms with van der Waals surface area (Å²) in [6.45, 7) is 10.8. The van der Waals surface area contributed by atoms with Gasteiger partial charge in [-0.2, -0.15) is 0 Å². The highest BCUT2D eigenvalue weighted by Gasteiger charge is 2.14. The number of hydrogen-bond acceptors (Lipinski definition) is 1. The molecule has 0 N–H and O–H groups in total. The SMILES string of the molecule is [C-]#[N+]C(C)c1ccc(-c2ccc(C)cc2)o1. The first kappa shape index (κ1) is 10.5. The van der Waals surface area contributed by atoms with Gasteiger partial charge in [0, 0.05) is 12.5 Å². The van der Waals surface area contributed by atoms with Gasteiger partial charge in [0.1, 0.15) is 5.76 Å². The molecule has 0 saturated heterocycles. The van der Waals surface area contributed by atoms with Crippen molar-refractivity contribution in [1.29, 1.82) is 0 Å². The third kappa shape index (κ3) is 1.99. The molecule has 2 heteroatoms. The summed E-state index contributed by atoms with van der Waals surface area (Å²) in [5, 5.41) is 0. The minimum Gasteiger partial charge on any atom is -0.453 e. The summed E-state index contributed by atoms with van der Waals surface area (Å²) < 4.78 is 5.65. The fraction of sp³-hybridized carbons (Fsp3) is 0.214. The minimum absolute atomic E-state index is 0.209. The Morgan fingerprint density at radius 3 is 2.44 bits per heavy atom. The molecule has 0 spiro atoms. The molecule has 0 radical (unpaired) electrons. The number of furan rings is 1. The van der Waals surface area contributed by atoms with Gasteiger partial charge in [-0.1, -0.05) is 29.8 Å². The molecule has 2 rings (SSSR count). The van der Waals surface area contributed by atoms with Crippen LogP contribution in [-0.2, 0) is 0 Å². The van der Waals surface area contributed by atoms with Crippen LogP contribution in [0.4, 0.5) is 0 Å². The molecule has 0 amide bonds. The zero-order valence-corrected chi connectivity index (χ0v) is 9.40. The second-order valence-electron chi connectivity index (χ2n) is 3.87. The molecule has 2 nitrogen and oxygen atoms in total. The Kier molecular flexibility index (Phi) is 2.78. The molecule has 16 heavy (non-hydrogen) atoms. The highest BCUT2D eigenvalue weighted by atomic mass is 16.3. The van der Waals surface area contributed by atoms with E-state index in [-0.39, 0.29) is 6.04 Å². The van der Waals surface area contributed by atoms with E-state index in [9.17, 15) is 0 Å². The first-order valence-electron chi connectivity index (χ1n) is 5.24. The molecule has 0 fully saturated rings. The fourth-order valence-electron chi connectivity index (χ4n) is 1.51. The maximum atomic E-state index is 6.95. The van der Waals surface area contributed by atoms with E-state index >= 15 is 0 Å². The average molecular weight is 211 g/mol. The standard InChI is InChI=1S/C14H13NO/c1-10-4-6-12(7-5-10)14-9-8-13(16-14)11(2)15-3/h4-9,11H,1-2H3. The van der Waals surface area contributed by atoms with E-state index < -0.39 is 0 Å². The Labute approximate surface area is 95.3 Å². The lowest BCUT2D eigenvalue weighted by Gasteiger charge is -1.98. The van der Waals surface area contributed by atoms with Crippen molar-refractivity contribution in [1.82, 2.24) is 0 Å². The molecule has 1 unspecified atom stereocenters. The molecule has 1 atom stereocenters. The maximum Gasteiger partial charge on any atom is 0.277 e. The molecule has 0 saturated carbocycles. The molecule has 2 aromatic rings. The van der Waals surface area contributed by atoms with Gasteiger partial charge in [0.15, 0.2) is 5.76 Å². The summed E-state index contributed by atoms with van der Waals surface area (Å²) in [4.78, 5) is 3.44. The minimum atomic E-state index is -0.209. The zero-order chi connectivity index (χ0) is 11.5. The van der Waals surface area contributed by atoms with Crippen LogP contribution in [0.3, 0.4) is 0 Å². The van der Waals surface area contributed by atoms with Crippen LogP contribution in [-0.4, -0.2) is 0 Å². The van der Waals surface area contributed by atoms with Crippen LogP contribution in [0.15, 0.2) is 40.8 Å². The monoisotopic (exact) mass is 211 g/mol. The van der Waals surface area contributed by atoms with Gasteiger partial charge in [-0.05, 0) is 19.1 Å². The van der Waals surface area contributed by atoms with Crippen LogP contribution < -0.4 is 0 Å². The van der Waals surface area contributed by atoms with Gasteiger partial charge < -0.3 is 9.26 Å². The Morgan fingerprint density at radius 1 is 1.12 bits per heavy atom. The van der Waals surface area contributed by atoms with Crippen LogP contribution >= 0.6 is 0 Å². The lowest BCUT2D eigenvalue weighted by molar-refractivity contribution is 0.511. The van der Waals surface area contributed by atoms with Crippen molar-refractivity contribution < 1.29 is 4.42 Å². The molecule has 0 aliphatic heterocycles. The first-order chi connectivity index (χ1) is 7.70. The molecule has 0 aliphatic rings. The van der Waals surface area contributed by atoms with E-state index in [1.165, 1.54) is 5.56 Å². The van der Waals surface area contributed by atoms with E-state index in [1.807, 2.05) is 31.2 Å². The predicted octanol–water partition coefficient (Wildman–Crippen LogP) is 4.24. The second kappa shape index (κ2) is 4.24. The van der Waals surface area contributed by atoms with Gasteiger partial charge in [-0.15, -0.1) is 0 Å².